The van der Waals surface area contributed by atoms with Crippen molar-refractivity contribution in [2.24, 2.45) is 5.92 Å². The average Bonchev–Trinajstić information content (AvgIpc) is 2.69. The maximum absolute atomic E-state index is 12.3. The maximum Gasteiger partial charge on any atom is 0.269 e. The Labute approximate surface area is 177 Å². The molecule has 0 spiro atoms. The van der Waals surface area contributed by atoms with E-state index in [-0.39, 0.29) is 22.8 Å². The lowest BCUT2D eigenvalue weighted by molar-refractivity contribution is -0.125. The molecule has 6 heteroatoms. The predicted molar refractivity (Wildman–Crippen MR) is 119 cm³/mol. The minimum Gasteiger partial charge on any atom is -0.302 e. The molecular formula is C23H27N3O2S. The van der Waals surface area contributed by atoms with E-state index in [1.165, 1.54) is 18.4 Å². The van der Waals surface area contributed by atoms with E-state index in [2.05, 4.69) is 47.4 Å². The summed E-state index contributed by atoms with van der Waals surface area (Å²) in [6.07, 6.45) is 6.37. The molecule has 2 aromatic carbocycles. The van der Waals surface area contributed by atoms with Gasteiger partial charge in [0.1, 0.15) is 0 Å². The van der Waals surface area contributed by atoms with Crippen LogP contribution in [-0.4, -0.2) is 16.9 Å². The summed E-state index contributed by atoms with van der Waals surface area (Å²) in [5.41, 5.74) is 9.13. The molecular weight excluding hydrogens is 382 g/mol. The summed E-state index contributed by atoms with van der Waals surface area (Å²) in [5, 5.41) is 2.71. The Hall–Kier alpha value is -2.73. The van der Waals surface area contributed by atoms with Crippen LogP contribution >= 0.6 is 12.2 Å². The molecule has 0 saturated heterocycles. The summed E-state index contributed by atoms with van der Waals surface area (Å²) in [6.45, 7) is 2.19. The van der Waals surface area contributed by atoms with Gasteiger partial charge in [-0.05, 0) is 66.7 Å². The van der Waals surface area contributed by atoms with Crippen molar-refractivity contribution in [2.75, 3.05) is 0 Å². The van der Waals surface area contributed by atoms with Gasteiger partial charge in [-0.1, -0.05) is 56.2 Å². The van der Waals surface area contributed by atoms with Crippen LogP contribution in [0, 0.1) is 5.92 Å². The summed E-state index contributed by atoms with van der Waals surface area (Å²) in [5.74, 6) is -0.363. The van der Waals surface area contributed by atoms with Gasteiger partial charge >= 0.3 is 0 Å². The smallest absolute Gasteiger partial charge is 0.269 e. The molecule has 0 atom stereocenters. The molecule has 2 aromatic rings. The highest BCUT2D eigenvalue weighted by atomic mass is 32.1. The normalized spacial score (nSPS) is 13.3. The van der Waals surface area contributed by atoms with Crippen LogP contribution in [0.15, 0.2) is 48.5 Å². The second kappa shape index (κ2) is 10.2. The lowest BCUT2D eigenvalue weighted by atomic mass is 9.85. The molecule has 1 fully saturated rings. The molecule has 0 aromatic heterocycles. The monoisotopic (exact) mass is 409 g/mol. The van der Waals surface area contributed by atoms with Crippen LogP contribution in [0.1, 0.15) is 54.9 Å². The molecule has 0 heterocycles. The molecule has 0 unspecified atom stereocenters. The lowest BCUT2D eigenvalue weighted by Gasteiger charge is -2.24. The van der Waals surface area contributed by atoms with Crippen molar-refractivity contribution in [3.63, 3.8) is 0 Å². The number of benzene rings is 2. The van der Waals surface area contributed by atoms with Crippen LogP contribution in [0.4, 0.5) is 0 Å². The zero-order chi connectivity index (χ0) is 20.6. The molecule has 152 valence electrons. The minimum atomic E-state index is -0.313. The van der Waals surface area contributed by atoms with Crippen molar-refractivity contribution in [3.8, 4) is 11.1 Å². The summed E-state index contributed by atoms with van der Waals surface area (Å²) in [4.78, 5) is 24.1. The van der Waals surface area contributed by atoms with Crippen molar-refractivity contribution in [1.29, 1.82) is 0 Å². The SMILES string of the molecule is CCCCc1ccc(-c2ccc(C(=O)NNC(=S)NC(=O)C3CCC3)cc2)cc1. The van der Waals surface area contributed by atoms with Gasteiger partial charge in [0, 0.05) is 11.5 Å². The molecule has 0 aliphatic heterocycles. The quantitative estimate of drug-likeness (QED) is 0.496. The van der Waals surface area contributed by atoms with Crippen LogP contribution in [0.5, 0.6) is 0 Å². The maximum atomic E-state index is 12.3. The van der Waals surface area contributed by atoms with Gasteiger partial charge in [0.05, 0.1) is 0 Å². The van der Waals surface area contributed by atoms with E-state index in [1.807, 2.05) is 12.1 Å². The number of hydrazine groups is 1. The fraction of sp³-hybridized carbons (Fsp3) is 0.348. The highest BCUT2D eigenvalue weighted by Gasteiger charge is 2.25. The molecule has 5 nitrogen and oxygen atoms in total. The zero-order valence-corrected chi connectivity index (χ0v) is 17.5. The van der Waals surface area contributed by atoms with Crippen LogP contribution in [-0.2, 0) is 11.2 Å². The average molecular weight is 410 g/mol. The van der Waals surface area contributed by atoms with Gasteiger partial charge in [0.2, 0.25) is 5.91 Å². The van der Waals surface area contributed by atoms with Crippen LogP contribution in [0.25, 0.3) is 11.1 Å². The molecule has 1 aliphatic carbocycles. The first-order valence-electron chi connectivity index (χ1n) is 10.2. The number of aryl methyl sites for hydroxylation is 1. The number of rotatable bonds is 6. The van der Waals surface area contributed by atoms with E-state index in [1.54, 1.807) is 12.1 Å². The van der Waals surface area contributed by atoms with E-state index in [4.69, 9.17) is 12.2 Å². The molecule has 3 N–H and O–H groups in total. The summed E-state index contributed by atoms with van der Waals surface area (Å²) >= 11 is 5.05. The third-order valence-corrected chi connectivity index (χ3v) is 5.46. The molecule has 1 saturated carbocycles. The number of carbonyl (C=O) groups excluding carboxylic acids is 2. The predicted octanol–water partition coefficient (Wildman–Crippen LogP) is 4.13. The largest absolute Gasteiger partial charge is 0.302 e. The number of nitrogens with one attached hydrogen (secondary N) is 3. The number of hydrogen-bond donors (Lipinski definition) is 3. The highest BCUT2D eigenvalue weighted by molar-refractivity contribution is 7.80. The van der Waals surface area contributed by atoms with Crippen LogP contribution in [0.2, 0.25) is 0 Å². The summed E-state index contributed by atoms with van der Waals surface area (Å²) < 4.78 is 0. The minimum absolute atomic E-state index is 0.0405. The lowest BCUT2D eigenvalue weighted by Crippen LogP contribution is -2.50. The fourth-order valence-electron chi connectivity index (χ4n) is 3.16. The highest BCUT2D eigenvalue weighted by Crippen LogP contribution is 2.26. The van der Waals surface area contributed by atoms with Gasteiger partial charge in [-0.15, -0.1) is 0 Å². The number of hydrogen-bond acceptors (Lipinski definition) is 3. The van der Waals surface area contributed by atoms with Crippen LogP contribution in [0.3, 0.4) is 0 Å². The summed E-state index contributed by atoms with van der Waals surface area (Å²) in [7, 11) is 0. The van der Waals surface area contributed by atoms with E-state index < -0.39 is 0 Å². The first-order chi connectivity index (χ1) is 14.1. The van der Waals surface area contributed by atoms with Gasteiger partial charge in [0.15, 0.2) is 5.11 Å². The number of thiocarbonyl (C=S) groups is 1. The van der Waals surface area contributed by atoms with Gasteiger partial charge in [-0.25, -0.2) is 0 Å². The van der Waals surface area contributed by atoms with E-state index in [0.29, 0.717) is 5.56 Å². The van der Waals surface area contributed by atoms with Crippen molar-refractivity contribution in [3.05, 3.63) is 59.7 Å². The third-order valence-electron chi connectivity index (χ3n) is 5.26. The van der Waals surface area contributed by atoms with Crippen molar-refractivity contribution in [2.45, 2.75) is 45.4 Å². The van der Waals surface area contributed by atoms with E-state index >= 15 is 0 Å². The Morgan fingerprint density at radius 3 is 2.14 bits per heavy atom. The van der Waals surface area contributed by atoms with Crippen LogP contribution < -0.4 is 16.2 Å². The first-order valence-corrected chi connectivity index (χ1v) is 10.6. The Balaban J connectivity index is 1.50. The Morgan fingerprint density at radius 2 is 1.59 bits per heavy atom. The number of unbranched alkanes of at least 4 members (excludes halogenated alkanes) is 1. The second-order valence-electron chi connectivity index (χ2n) is 7.40. The van der Waals surface area contributed by atoms with E-state index in [0.717, 1.165) is 36.8 Å². The third kappa shape index (κ3) is 5.87. The summed E-state index contributed by atoms with van der Waals surface area (Å²) in [6, 6.07) is 15.9. The Morgan fingerprint density at radius 1 is 0.966 bits per heavy atom. The van der Waals surface area contributed by atoms with Gasteiger partial charge < -0.3 is 5.32 Å². The Kier molecular flexibility index (Phi) is 7.36. The topological polar surface area (TPSA) is 70.2 Å². The number of amides is 2. The van der Waals surface area contributed by atoms with Crippen molar-refractivity contribution >= 4 is 29.1 Å². The molecule has 0 radical (unpaired) electrons. The van der Waals surface area contributed by atoms with Crippen molar-refractivity contribution in [1.82, 2.24) is 16.2 Å². The molecule has 3 rings (SSSR count). The second-order valence-corrected chi connectivity index (χ2v) is 7.81. The van der Waals surface area contributed by atoms with Crippen molar-refractivity contribution < 1.29 is 9.59 Å². The Bertz CT molecular complexity index is 859. The standard InChI is InChI=1S/C23H27N3O2S/c1-2-3-5-16-8-10-17(11-9-16)18-12-14-20(15-13-18)22(28)25-26-23(29)24-21(27)19-6-4-7-19/h8-15,19H,2-7H2,1H3,(H,25,28)(H2,24,26,27,29). The molecule has 1 aliphatic rings. The van der Waals surface area contributed by atoms with Gasteiger partial charge in [0.25, 0.3) is 5.91 Å². The molecule has 2 amide bonds. The zero-order valence-electron chi connectivity index (χ0n) is 16.7. The fourth-order valence-corrected chi connectivity index (χ4v) is 3.31. The van der Waals surface area contributed by atoms with E-state index in [9.17, 15) is 9.59 Å². The number of carbonyl (C=O) groups is 2. The first kappa shape index (κ1) is 21.0. The van der Waals surface area contributed by atoms with Gasteiger partial charge in [-0.3, -0.25) is 20.4 Å². The molecule has 0 bridgehead atoms. The van der Waals surface area contributed by atoms with Gasteiger partial charge in [-0.2, -0.15) is 0 Å². The molecule has 29 heavy (non-hydrogen) atoms.